The van der Waals surface area contributed by atoms with Crippen molar-refractivity contribution >= 4 is 12.0 Å². The van der Waals surface area contributed by atoms with E-state index < -0.39 is 12.0 Å². The molecule has 2 heterocycles. The SMILES string of the molecule is COC1CC(C(=O)O)N(C(=O)N(C)C2CCOC2)C1. The lowest BCUT2D eigenvalue weighted by molar-refractivity contribution is -0.141. The third kappa shape index (κ3) is 2.82. The number of nitrogens with zero attached hydrogens (tertiary/aromatic N) is 2. The number of carboxylic acid groups (broad SMARTS) is 1. The van der Waals surface area contributed by atoms with Gasteiger partial charge in [0.2, 0.25) is 0 Å². The molecule has 0 aromatic carbocycles. The number of carbonyl (C=O) groups excluding carboxylic acids is 1. The number of ether oxygens (including phenoxy) is 2. The second-order valence-corrected chi connectivity index (χ2v) is 5.01. The Kier molecular flexibility index (Phi) is 4.26. The van der Waals surface area contributed by atoms with Crippen LogP contribution >= 0.6 is 0 Å². The molecule has 1 N–H and O–H groups in total. The Morgan fingerprint density at radius 2 is 2.21 bits per heavy atom. The number of hydrogen-bond donors (Lipinski definition) is 1. The van der Waals surface area contributed by atoms with Gasteiger partial charge in [-0.25, -0.2) is 9.59 Å². The summed E-state index contributed by atoms with van der Waals surface area (Å²) >= 11 is 0. The molecular formula is C12H20N2O5. The maximum atomic E-state index is 12.4. The fourth-order valence-corrected chi connectivity index (χ4v) is 2.60. The highest BCUT2D eigenvalue weighted by Gasteiger charge is 2.42. The smallest absolute Gasteiger partial charge is 0.326 e. The number of hydrogen-bond acceptors (Lipinski definition) is 4. The minimum atomic E-state index is -0.982. The van der Waals surface area contributed by atoms with E-state index in [4.69, 9.17) is 9.47 Å². The van der Waals surface area contributed by atoms with E-state index in [9.17, 15) is 14.7 Å². The summed E-state index contributed by atoms with van der Waals surface area (Å²) in [7, 11) is 3.23. The molecule has 0 aliphatic carbocycles. The Balaban J connectivity index is 2.05. The van der Waals surface area contributed by atoms with Crippen molar-refractivity contribution in [3.8, 4) is 0 Å². The standard InChI is InChI=1S/C12H20N2O5/c1-13(8-3-4-19-7-8)12(17)14-6-9(18-2)5-10(14)11(15)16/h8-10H,3-7H2,1-2H3,(H,15,16). The molecule has 0 aromatic heterocycles. The van der Waals surface area contributed by atoms with Gasteiger partial charge in [0.25, 0.3) is 0 Å². The summed E-state index contributed by atoms with van der Waals surface area (Å²) in [5, 5.41) is 9.20. The molecule has 0 radical (unpaired) electrons. The van der Waals surface area contributed by atoms with E-state index in [1.165, 1.54) is 12.0 Å². The summed E-state index contributed by atoms with van der Waals surface area (Å²) in [6, 6.07) is -1.03. The third-order valence-electron chi connectivity index (χ3n) is 3.88. The van der Waals surface area contributed by atoms with Crippen LogP contribution in [0.2, 0.25) is 0 Å². The van der Waals surface area contributed by atoms with Gasteiger partial charge >= 0.3 is 12.0 Å². The summed E-state index contributed by atoms with van der Waals surface area (Å²) < 4.78 is 10.4. The maximum absolute atomic E-state index is 12.4. The summed E-state index contributed by atoms with van der Waals surface area (Å²) in [5.74, 6) is -0.982. The zero-order valence-corrected chi connectivity index (χ0v) is 11.2. The molecule has 3 unspecified atom stereocenters. The number of carbonyl (C=O) groups is 2. The van der Waals surface area contributed by atoms with Gasteiger partial charge in [0, 0.05) is 33.7 Å². The number of likely N-dealkylation sites (N-methyl/N-ethyl adjacent to an activating group) is 1. The van der Waals surface area contributed by atoms with Gasteiger partial charge in [0.15, 0.2) is 0 Å². The molecule has 0 saturated carbocycles. The van der Waals surface area contributed by atoms with E-state index in [0.717, 1.165) is 6.42 Å². The van der Waals surface area contributed by atoms with E-state index in [0.29, 0.717) is 26.2 Å². The second kappa shape index (κ2) is 5.75. The number of rotatable bonds is 3. The highest BCUT2D eigenvalue weighted by molar-refractivity contribution is 5.83. The minimum absolute atomic E-state index is 0.0311. The minimum Gasteiger partial charge on any atom is -0.480 e. The quantitative estimate of drug-likeness (QED) is 0.782. The largest absolute Gasteiger partial charge is 0.480 e. The van der Waals surface area contributed by atoms with E-state index >= 15 is 0 Å². The van der Waals surface area contributed by atoms with Crippen LogP contribution in [0.4, 0.5) is 4.79 Å². The summed E-state index contributed by atoms with van der Waals surface area (Å²) in [6.07, 6.45) is 0.923. The van der Waals surface area contributed by atoms with Crippen LogP contribution < -0.4 is 0 Å². The number of amides is 2. The zero-order valence-electron chi connectivity index (χ0n) is 11.2. The number of aliphatic carboxylic acids is 1. The van der Waals surface area contributed by atoms with Crippen molar-refractivity contribution in [3.05, 3.63) is 0 Å². The first-order valence-electron chi connectivity index (χ1n) is 6.41. The van der Waals surface area contributed by atoms with Gasteiger partial charge in [0.05, 0.1) is 18.8 Å². The summed E-state index contributed by atoms with van der Waals surface area (Å²) in [6.45, 7) is 1.48. The van der Waals surface area contributed by atoms with Gasteiger partial charge in [-0.15, -0.1) is 0 Å². The molecule has 7 heteroatoms. The summed E-state index contributed by atoms with van der Waals surface area (Å²) in [4.78, 5) is 26.6. The van der Waals surface area contributed by atoms with Crippen molar-refractivity contribution in [2.45, 2.75) is 31.0 Å². The molecule has 2 fully saturated rings. The number of likely N-dealkylation sites (tertiary alicyclic amines) is 1. The van der Waals surface area contributed by atoms with Crippen LogP contribution in [-0.2, 0) is 14.3 Å². The highest BCUT2D eigenvalue weighted by Crippen LogP contribution is 2.23. The number of carboxylic acids is 1. The molecule has 7 nitrogen and oxygen atoms in total. The van der Waals surface area contributed by atoms with Crippen LogP contribution in [0, 0.1) is 0 Å². The Morgan fingerprint density at radius 3 is 2.74 bits per heavy atom. The molecule has 0 bridgehead atoms. The van der Waals surface area contributed by atoms with Crippen LogP contribution in [0.5, 0.6) is 0 Å². The van der Waals surface area contributed by atoms with Gasteiger partial charge in [-0.2, -0.15) is 0 Å². The van der Waals surface area contributed by atoms with E-state index in [2.05, 4.69) is 0 Å². The van der Waals surface area contributed by atoms with Crippen molar-refractivity contribution in [1.82, 2.24) is 9.80 Å². The van der Waals surface area contributed by atoms with Gasteiger partial charge in [-0.05, 0) is 6.42 Å². The monoisotopic (exact) mass is 272 g/mol. The lowest BCUT2D eigenvalue weighted by Gasteiger charge is -2.30. The Morgan fingerprint density at radius 1 is 1.47 bits per heavy atom. The molecule has 0 spiro atoms. The first-order valence-corrected chi connectivity index (χ1v) is 6.41. The lowest BCUT2D eigenvalue weighted by Crippen LogP contribution is -2.50. The molecule has 2 saturated heterocycles. The molecule has 108 valence electrons. The summed E-state index contributed by atoms with van der Waals surface area (Å²) in [5.41, 5.74) is 0. The van der Waals surface area contributed by atoms with Crippen molar-refractivity contribution in [3.63, 3.8) is 0 Å². The van der Waals surface area contributed by atoms with Crippen LogP contribution in [0.1, 0.15) is 12.8 Å². The van der Waals surface area contributed by atoms with E-state index in [1.807, 2.05) is 0 Å². The van der Waals surface area contributed by atoms with E-state index in [-0.39, 0.29) is 18.2 Å². The van der Waals surface area contributed by atoms with E-state index in [1.54, 1.807) is 11.9 Å². The first-order chi connectivity index (χ1) is 9.04. The van der Waals surface area contributed by atoms with Gasteiger partial charge in [0.1, 0.15) is 6.04 Å². The average molecular weight is 272 g/mol. The highest BCUT2D eigenvalue weighted by atomic mass is 16.5. The molecule has 3 atom stereocenters. The van der Waals surface area contributed by atoms with Crippen LogP contribution in [0.25, 0.3) is 0 Å². The lowest BCUT2D eigenvalue weighted by atomic mass is 10.2. The number of urea groups is 1. The number of methoxy groups -OCH3 is 1. The third-order valence-corrected chi connectivity index (χ3v) is 3.88. The zero-order chi connectivity index (χ0) is 14.0. The Bertz CT molecular complexity index is 356. The van der Waals surface area contributed by atoms with Gasteiger partial charge in [-0.3, -0.25) is 0 Å². The molecule has 2 aliphatic rings. The fraction of sp³-hybridized carbons (Fsp3) is 0.833. The normalized spacial score (nSPS) is 30.6. The Labute approximate surface area is 112 Å². The molecule has 0 aromatic rings. The molecule has 2 aliphatic heterocycles. The molecule has 19 heavy (non-hydrogen) atoms. The second-order valence-electron chi connectivity index (χ2n) is 5.01. The molecule has 2 rings (SSSR count). The fourth-order valence-electron chi connectivity index (χ4n) is 2.60. The van der Waals surface area contributed by atoms with Crippen LogP contribution in [-0.4, -0.2) is 79.0 Å². The predicted octanol–water partition coefficient (Wildman–Crippen LogP) is 0.00100. The first kappa shape index (κ1) is 14.1. The topological polar surface area (TPSA) is 79.3 Å². The van der Waals surface area contributed by atoms with Crippen LogP contribution in [0.3, 0.4) is 0 Å². The van der Waals surface area contributed by atoms with Gasteiger partial charge in [-0.1, -0.05) is 0 Å². The van der Waals surface area contributed by atoms with Crippen molar-refractivity contribution < 1.29 is 24.2 Å². The molecular weight excluding hydrogens is 252 g/mol. The maximum Gasteiger partial charge on any atom is 0.326 e. The average Bonchev–Trinajstić information content (AvgIpc) is 3.05. The predicted molar refractivity (Wildman–Crippen MR) is 65.9 cm³/mol. The van der Waals surface area contributed by atoms with Crippen molar-refractivity contribution in [2.75, 3.05) is 33.9 Å². The van der Waals surface area contributed by atoms with Crippen molar-refractivity contribution in [2.24, 2.45) is 0 Å². The Hall–Kier alpha value is -1.34. The van der Waals surface area contributed by atoms with Crippen molar-refractivity contribution in [1.29, 1.82) is 0 Å². The molecule has 2 amide bonds. The van der Waals surface area contributed by atoms with Crippen LogP contribution in [0.15, 0.2) is 0 Å². The van der Waals surface area contributed by atoms with Gasteiger partial charge < -0.3 is 24.4 Å².